The number of nitrogens with zero attached hydrogens (tertiary/aromatic N) is 2. The van der Waals surface area contributed by atoms with Gasteiger partial charge in [-0.3, -0.25) is 9.59 Å². The van der Waals surface area contributed by atoms with Gasteiger partial charge in [-0.2, -0.15) is 0 Å². The SMILES string of the molecule is Cc1nc(C(=O)N2CCCC(C)C2CNC(=O)c2cccc3occc23)c(-c2ccccc2)s1. The van der Waals surface area contributed by atoms with Crippen LogP contribution in [0.2, 0.25) is 0 Å². The summed E-state index contributed by atoms with van der Waals surface area (Å²) in [5, 5.41) is 4.73. The highest BCUT2D eigenvalue weighted by molar-refractivity contribution is 7.15. The summed E-state index contributed by atoms with van der Waals surface area (Å²) in [4.78, 5) is 34.2. The molecule has 2 aromatic heterocycles. The minimum Gasteiger partial charge on any atom is -0.464 e. The number of hydrogen-bond acceptors (Lipinski definition) is 5. The molecule has 174 valence electrons. The first-order valence-corrected chi connectivity index (χ1v) is 12.4. The molecule has 1 aliphatic rings. The molecule has 4 aromatic rings. The average molecular weight is 474 g/mol. The second kappa shape index (κ2) is 9.43. The van der Waals surface area contributed by atoms with Gasteiger partial charge in [0, 0.05) is 18.5 Å². The minimum atomic E-state index is -0.161. The molecule has 1 fully saturated rings. The van der Waals surface area contributed by atoms with Crippen LogP contribution >= 0.6 is 11.3 Å². The van der Waals surface area contributed by atoms with E-state index in [0.717, 1.165) is 33.7 Å². The lowest BCUT2D eigenvalue weighted by Crippen LogP contribution is -2.53. The van der Waals surface area contributed by atoms with Crippen LogP contribution < -0.4 is 5.32 Å². The number of furan rings is 1. The number of rotatable bonds is 5. The first kappa shape index (κ1) is 22.3. The fourth-order valence-corrected chi connectivity index (χ4v) is 5.71. The summed E-state index contributed by atoms with van der Waals surface area (Å²) in [6.45, 7) is 5.13. The van der Waals surface area contributed by atoms with Crippen LogP contribution in [0.5, 0.6) is 0 Å². The zero-order valence-corrected chi connectivity index (χ0v) is 20.1. The third-order valence-electron chi connectivity index (χ3n) is 6.56. The topological polar surface area (TPSA) is 75.4 Å². The Bertz CT molecular complexity index is 1330. The molecule has 34 heavy (non-hydrogen) atoms. The number of carbonyl (C=O) groups is 2. The van der Waals surface area contributed by atoms with Crippen LogP contribution in [0.4, 0.5) is 0 Å². The number of thiazole rings is 1. The largest absolute Gasteiger partial charge is 0.464 e. The number of aryl methyl sites for hydroxylation is 1. The molecule has 1 N–H and O–H groups in total. The van der Waals surface area contributed by atoms with Gasteiger partial charge in [-0.25, -0.2) is 4.98 Å². The fourth-order valence-electron chi connectivity index (χ4n) is 4.79. The van der Waals surface area contributed by atoms with E-state index in [9.17, 15) is 9.59 Å². The van der Waals surface area contributed by atoms with E-state index in [1.54, 1.807) is 29.7 Å². The predicted molar refractivity (Wildman–Crippen MR) is 134 cm³/mol. The number of carbonyl (C=O) groups excluding carboxylic acids is 2. The Morgan fingerprint density at radius 1 is 1.15 bits per heavy atom. The standard InChI is InChI=1S/C27H27N3O3S/c1-17-8-7-14-30(27(32)24-25(34-18(2)29-24)19-9-4-3-5-10-19)22(17)16-28-26(31)21-11-6-12-23-20(21)13-15-33-23/h3-6,9-13,15,17,22H,7-8,14,16H2,1-2H3,(H,28,31). The van der Waals surface area contributed by atoms with Gasteiger partial charge in [0.05, 0.1) is 27.8 Å². The van der Waals surface area contributed by atoms with Gasteiger partial charge < -0.3 is 14.6 Å². The molecular formula is C27H27N3O3S. The van der Waals surface area contributed by atoms with Crippen LogP contribution in [0, 0.1) is 12.8 Å². The molecule has 3 heterocycles. The van der Waals surface area contributed by atoms with Crippen LogP contribution in [0.25, 0.3) is 21.4 Å². The minimum absolute atomic E-state index is 0.0639. The quantitative estimate of drug-likeness (QED) is 0.413. The third kappa shape index (κ3) is 4.23. The van der Waals surface area contributed by atoms with Crippen molar-refractivity contribution >= 4 is 34.1 Å². The Morgan fingerprint density at radius 3 is 2.79 bits per heavy atom. The maximum atomic E-state index is 13.8. The lowest BCUT2D eigenvalue weighted by Gasteiger charge is -2.40. The van der Waals surface area contributed by atoms with Crippen molar-refractivity contribution in [3.05, 3.63) is 77.1 Å². The molecule has 0 radical (unpaired) electrons. The van der Waals surface area contributed by atoms with Crippen LogP contribution in [0.15, 0.2) is 65.3 Å². The maximum Gasteiger partial charge on any atom is 0.274 e. The van der Waals surface area contributed by atoms with Crippen LogP contribution in [-0.2, 0) is 0 Å². The number of amides is 2. The fraction of sp³-hybridized carbons (Fsp3) is 0.296. The van der Waals surface area contributed by atoms with Gasteiger partial charge in [-0.1, -0.05) is 43.3 Å². The van der Waals surface area contributed by atoms with Gasteiger partial charge in [0.15, 0.2) is 0 Å². The molecule has 2 amide bonds. The zero-order chi connectivity index (χ0) is 23.7. The lowest BCUT2D eigenvalue weighted by atomic mass is 9.90. The summed E-state index contributed by atoms with van der Waals surface area (Å²) in [5.74, 6) is 0.0419. The van der Waals surface area contributed by atoms with Gasteiger partial charge in [0.25, 0.3) is 11.8 Å². The Morgan fingerprint density at radius 2 is 1.97 bits per heavy atom. The van der Waals surface area contributed by atoms with E-state index in [4.69, 9.17) is 4.42 Å². The Hall–Kier alpha value is -3.45. The molecule has 2 aromatic carbocycles. The second-order valence-electron chi connectivity index (χ2n) is 8.81. The monoisotopic (exact) mass is 473 g/mol. The predicted octanol–water partition coefficient (Wildman–Crippen LogP) is 5.54. The van der Waals surface area contributed by atoms with Crippen molar-refractivity contribution in [2.75, 3.05) is 13.1 Å². The molecule has 0 aliphatic carbocycles. The summed E-state index contributed by atoms with van der Waals surface area (Å²) in [6.07, 6.45) is 3.55. The molecule has 1 aliphatic heterocycles. The molecule has 0 saturated carbocycles. The normalized spacial score (nSPS) is 18.2. The van der Waals surface area contributed by atoms with Crippen LogP contribution in [0.1, 0.15) is 45.6 Å². The van der Waals surface area contributed by atoms with E-state index in [0.29, 0.717) is 29.9 Å². The van der Waals surface area contributed by atoms with Gasteiger partial charge in [0.1, 0.15) is 11.3 Å². The molecule has 0 spiro atoms. The number of hydrogen-bond donors (Lipinski definition) is 1. The first-order chi connectivity index (χ1) is 16.5. The number of fused-ring (bicyclic) bond motifs is 1. The highest BCUT2D eigenvalue weighted by atomic mass is 32.1. The number of nitrogens with one attached hydrogen (secondary N) is 1. The van der Waals surface area contributed by atoms with E-state index < -0.39 is 0 Å². The Labute approximate surface area is 202 Å². The summed E-state index contributed by atoms with van der Waals surface area (Å²) in [6, 6.07) is 17.1. The van der Waals surface area contributed by atoms with Crippen molar-refractivity contribution < 1.29 is 14.0 Å². The summed E-state index contributed by atoms with van der Waals surface area (Å²) in [5.41, 5.74) is 2.76. The molecule has 5 rings (SSSR count). The van der Waals surface area contributed by atoms with E-state index in [1.807, 2.05) is 54.3 Å². The van der Waals surface area contributed by atoms with E-state index >= 15 is 0 Å². The van der Waals surface area contributed by atoms with Crippen LogP contribution in [0.3, 0.4) is 0 Å². The maximum absolute atomic E-state index is 13.8. The molecular weight excluding hydrogens is 446 g/mol. The Balaban J connectivity index is 1.38. The summed E-state index contributed by atoms with van der Waals surface area (Å²) in [7, 11) is 0. The molecule has 2 atom stereocenters. The summed E-state index contributed by atoms with van der Waals surface area (Å²) >= 11 is 1.54. The highest BCUT2D eigenvalue weighted by Crippen LogP contribution is 2.33. The smallest absolute Gasteiger partial charge is 0.274 e. The van der Waals surface area contributed by atoms with Crippen LogP contribution in [-0.4, -0.2) is 40.8 Å². The molecule has 0 bridgehead atoms. The molecule has 6 nitrogen and oxygen atoms in total. The second-order valence-corrected chi connectivity index (χ2v) is 10.0. The number of benzene rings is 2. The molecule has 2 unspecified atom stereocenters. The number of aromatic nitrogens is 1. The van der Waals surface area contributed by atoms with Crippen molar-refractivity contribution in [2.24, 2.45) is 5.92 Å². The van der Waals surface area contributed by atoms with Gasteiger partial charge in [0.2, 0.25) is 0 Å². The average Bonchev–Trinajstić information content (AvgIpc) is 3.49. The van der Waals surface area contributed by atoms with Gasteiger partial charge in [-0.05, 0) is 49.4 Å². The first-order valence-electron chi connectivity index (χ1n) is 11.6. The van der Waals surface area contributed by atoms with Crippen molar-refractivity contribution in [2.45, 2.75) is 32.7 Å². The third-order valence-corrected chi connectivity index (χ3v) is 7.58. The van der Waals surface area contributed by atoms with Crippen molar-refractivity contribution in [1.82, 2.24) is 15.2 Å². The highest BCUT2D eigenvalue weighted by Gasteiger charge is 2.35. The number of piperidine rings is 1. The number of likely N-dealkylation sites (tertiary alicyclic amines) is 1. The Kier molecular flexibility index (Phi) is 6.20. The molecule has 7 heteroatoms. The zero-order valence-electron chi connectivity index (χ0n) is 19.3. The van der Waals surface area contributed by atoms with Gasteiger partial charge >= 0.3 is 0 Å². The van der Waals surface area contributed by atoms with E-state index in [1.165, 1.54) is 0 Å². The van der Waals surface area contributed by atoms with Gasteiger partial charge in [-0.15, -0.1) is 11.3 Å². The summed E-state index contributed by atoms with van der Waals surface area (Å²) < 4.78 is 5.43. The van der Waals surface area contributed by atoms with E-state index in [-0.39, 0.29) is 23.8 Å². The van der Waals surface area contributed by atoms with Crippen molar-refractivity contribution in [1.29, 1.82) is 0 Å². The molecule has 1 saturated heterocycles. The van der Waals surface area contributed by atoms with Crippen molar-refractivity contribution in [3.8, 4) is 10.4 Å². The lowest BCUT2D eigenvalue weighted by molar-refractivity contribution is 0.0503. The van der Waals surface area contributed by atoms with E-state index in [2.05, 4.69) is 17.2 Å². The van der Waals surface area contributed by atoms with Crippen molar-refractivity contribution in [3.63, 3.8) is 0 Å².